The molecule has 0 saturated carbocycles. The van der Waals surface area contributed by atoms with E-state index in [2.05, 4.69) is 20.6 Å². The van der Waals surface area contributed by atoms with Crippen molar-refractivity contribution in [2.45, 2.75) is 127 Å². The van der Waals surface area contributed by atoms with Crippen molar-refractivity contribution in [1.82, 2.24) is 30.0 Å². The Hall–Kier alpha value is -9.61. The molecule has 3 fully saturated rings. The second kappa shape index (κ2) is 27.0. The van der Waals surface area contributed by atoms with E-state index < -0.39 is 108 Å². The van der Waals surface area contributed by atoms with E-state index in [-0.39, 0.29) is 106 Å². The van der Waals surface area contributed by atoms with Gasteiger partial charge in [-0.1, -0.05) is 31.2 Å². The summed E-state index contributed by atoms with van der Waals surface area (Å²) in [5, 5.41) is 40.1. The van der Waals surface area contributed by atoms with Crippen LogP contribution >= 0.6 is 0 Å². The number of phenolic OH excluding ortho intramolecular Hbond substituents is 2. The molecule has 2 N–H and O–H groups in total. The number of nitrogens with zero attached hydrogens (tertiary/aromatic N) is 6. The molecule has 4 aromatic carbocycles. The van der Waals surface area contributed by atoms with Crippen LogP contribution in [-0.4, -0.2) is 163 Å². The van der Waals surface area contributed by atoms with E-state index in [4.69, 9.17) is 75.8 Å². The third-order valence-corrected chi connectivity index (χ3v) is 18.4. The van der Waals surface area contributed by atoms with E-state index in [0.29, 0.717) is 70.2 Å². The maximum absolute atomic E-state index is 14.1. The molecule has 0 amide bonds. The number of carbonyl (C=O) groups is 5. The first-order valence-electron chi connectivity index (χ1n) is 31.5. The van der Waals surface area contributed by atoms with Crippen LogP contribution in [-0.2, 0) is 75.1 Å². The standard InChI is InChI=1S/C66H72N6O23/c1-8-11-50(73)93-61-49(28-84-24-33-22-71(69-67-33)57-37-20-43-41(88-29-90-43)18-35(37)53(55-39(57)26-85-64(55)78)31-14-45(80-4)59(76)46(15-31)81-5)92-66(63(95-52(75)13-10-3)62(61)94-51(74)12-9-2)87-25-34-23-72(70-68-34)58-38-21-44-42(89-30-91-44)19-36(38)54(56-40(58)27-86-65(56)79)32-16-47(82-6)60(77)48(17-32)83-7/h14-23,39-40,49,53-58,61-63,66,76-77H,8-13,24-30H2,1-7H3/t39-,40-,49+,53+,54+,55-,56-,57+,58+,61+,62-,63+,66+/m0/s1. The minimum Gasteiger partial charge on any atom is -0.502 e. The normalized spacial score (nSPS) is 25.7. The first-order valence-corrected chi connectivity index (χ1v) is 31.5. The first-order chi connectivity index (χ1) is 46.1. The molecule has 29 heteroatoms. The van der Waals surface area contributed by atoms with Crippen LogP contribution < -0.4 is 37.9 Å². The van der Waals surface area contributed by atoms with Crippen molar-refractivity contribution in [3.8, 4) is 57.5 Å². The summed E-state index contributed by atoms with van der Waals surface area (Å²) in [5.41, 5.74) is 4.69. The van der Waals surface area contributed by atoms with Crippen molar-refractivity contribution in [3.63, 3.8) is 0 Å². The monoisotopic (exact) mass is 1320 g/mol. The van der Waals surface area contributed by atoms with Crippen molar-refractivity contribution in [1.29, 1.82) is 0 Å². The maximum Gasteiger partial charge on any atom is 0.310 e. The highest BCUT2D eigenvalue weighted by Gasteiger charge is 2.57. The zero-order valence-corrected chi connectivity index (χ0v) is 53.1. The molecule has 2 aliphatic carbocycles. The van der Waals surface area contributed by atoms with Crippen molar-refractivity contribution < 1.29 is 110 Å². The lowest BCUT2D eigenvalue weighted by Crippen LogP contribution is -2.63. The lowest BCUT2D eigenvalue weighted by molar-refractivity contribution is -0.313. The average molecular weight is 1320 g/mol. The molecule has 0 bridgehead atoms. The van der Waals surface area contributed by atoms with Crippen LogP contribution in [0.3, 0.4) is 0 Å². The van der Waals surface area contributed by atoms with Gasteiger partial charge in [0.15, 0.2) is 70.6 Å². The molecule has 504 valence electrons. The number of hydrogen-bond donors (Lipinski definition) is 2. The number of benzene rings is 4. The Morgan fingerprint density at radius 3 is 1.35 bits per heavy atom. The number of carbonyl (C=O) groups excluding carboxylic acids is 5. The van der Waals surface area contributed by atoms with Gasteiger partial charge in [0.2, 0.25) is 25.1 Å². The highest BCUT2D eigenvalue weighted by molar-refractivity contribution is 5.80. The van der Waals surface area contributed by atoms with Gasteiger partial charge >= 0.3 is 29.8 Å². The number of fused-ring (bicyclic) bond motifs is 6. The van der Waals surface area contributed by atoms with Gasteiger partial charge in [0, 0.05) is 42.9 Å². The smallest absolute Gasteiger partial charge is 0.310 e. The van der Waals surface area contributed by atoms with Gasteiger partial charge in [0.25, 0.3) is 0 Å². The lowest BCUT2D eigenvalue weighted by Gasteiger charge is -2.44. The summed E-state index contributed by atoms with van der Waals surface area (Å²) in [5.74, 6) is -4.67. The van der Waals surface area contributed by atoms with Crippen LogP contribution in [0.15, 0.2) is 60.9 Å². The topological polar surface area (TPSA) is 335 Å². The van der Waals surface area contributed by atoms with E-state index >= 15 is 0 Å². The number of rotatable bonds is 24. The van der Waals surface area contributed by atoms with Crippen LogP contribution in [0.1, 0.15) is 128 Å². The van der Waals surface area contributed by atoms with Crippen molar-refractivity contribution >= 4 is 29.8 Å². The third kappa shape index (κ3) is 12.0. The lowest BCUT2D eigenvalue weighted by atomic mass is 9.65. The van der Waals surface area contributed by atoms with Crippen LogP contribution in [0.2, 0.25) is 0 Å². The molecule has 0 radical (unpaired) electrons. The SMILES string of the molecule is CCCC(=O)O[C@@H]1[C@@H](OC(=O)CCC)[C@H](OCc2cn([C@@H]3c4cc5c(cc4[C@@H](c4cc(OC)c(O)c(OC)c4)[C@H]4C(=O)OC[C@@H]43)OCO5)nn2)O[C@H](COCc2cn([C@@H]3c4cc5c(cc4[C@@H](c4cc(OC)c(O)c(OC)c4)[C@H]4C(=O)OC[C@@H]43)OCO5)nn2)[C@H]1OC(=O)CCC. The zero-order valence-electron chi connectivity index (χ0n) is 53.1. The summed E-state index contributed by atoms with van der Waals surface area (Å²) in [6.45, 7) is 4.52. The molecule has 13 rings (SSSR count). The number of ether oxygens (including phenoxy) is 16. The molecule has 2 aromatic heterocycles. The summed E-state index contributed by atoms with van der Waals surface area (Å²) in [7, 11) is 5.68. The molecular formula is C66H72N6O23. The summed E-state index contributed by atoms with van der Waals surface area (Å²) in [6, 6.07) is 12.7. The largest absolute Gasteiger partial charge is 0.502 e. The Labute approximate surface area is 543 Å². The highest BCUT2D eigenvalue weighted by atomic mass is 16.7. The molecule has 5 aliphatic heterocycles. The fraction of sp³-hybridized carbons (Fsp3) is 0.500. The van der Waals surface area contributed by atoms with Gasteiger partial charge in [0.05, 0.1) is 97.8 Å². The number of phenols is 2. The van der Waals surface area contributed by atoms with Gasteiger partial charge in [-0.15, -0.1) is 10.2 Å². The second-order valence-corrected chi connectivity index (χ2v) is 24.1. The van der Waals surface area contributed by atoms with Crippen LogP contribution in [0.5, 0.6) is 57.5 Å². The van der Waals surface area contributed by atoms with Crippen LogP contribution in [0, 0.1) is 23.7 Å². The summed E-state index contributed by atoms with van der Waals surface area (Å²) >= 11 is 0. The van der Waals surface area contributed by atoms with E-state index in [9.17, 15) is 34.2 Å². The van der Waals surface area contributed by atoms with Crippen molar-refractivity contribution in [2.75, 3.05) is 61.8 Å². The first kappa shape index (κ1) is 64.1. The Balaban J connectivity index is 0.797. The fourth-order valence-corrected chi connectivity index (χ4v) is 14.2. The molecule has 95 heavy (non-hydrogen) atoms. The number of aromatic nitrogens is 6. The van der Waals surface area contributed by atoms with Crippen molar-refractivity contribution in [2.24, 2.45) is 23.7 Å². The van der Waals surface area contributed by atoms with Crippen molar-refractivity contribution in [3.05, 3.63) is 106 Å². The van der Waals surface area contributed by atoms with Gasteiger partial charge in [-0.05, 0) is 101 Å². The Morgan fingerprint density at radius 2 is 0.926 bits per heavy atom. The number of aromatic hydroxyl groups is 2. The fourth-order valence-electron chi connectivity index (χ4n) is 14.2. The predicted octanol–water partition coefficient (Wildman–Crippen LogP) is 6.41. The summed E-state index contributed by atoms with van der Waals surface area (Å²) in [4.78, 5) is 69.1. The van der Waals surface area contributed by atoms with Gasteiger partial charge in [-0.2, -0.15) is 0 Å². The Bertz CT molecular complexity index is 3860. The molecule has 7 heterocycles. The summed E-state index contributed by atoms with van der Waals surface area (Å²) < 4.78 is 98.7. The van der Waals surface area contributed by atoms with E-state index in [1.165, 1.54) is 28.4 Å². The van der Waals surface area contributed by atoms with Crippen LogP contribution in [0.25, 0.3) is 0 Å². The second-order valence-electron chi connectivity index (χ2n) is 24.1. The molecule has 3 saturated heterocycles. The quantitative estimate of drug-likeness (QED) is 0.0488. The Kier molecular flexibility index (Phi) is 18.2. The minimum absolute atomic E-state index is 0.0128. The number of esters is 5. The van der Waals surface area contributed by atoms with E-state index in [1.807, 2.05) is 24.3 Å². The average Bonchev–Trinajstić information content (AvgIpc) is 1.68. The van der Waals surface area contributed by atoms with E-state index in [1.54, 1.807) is 66.8 Å². The highest BCUT2D eigenvalue weighted by Crippen LogP contribution is 2.59. The molecule has 7 aliphatic rings. The molecule has 29 nitrogen and oxygen atoms in total. The molecule has 13 atom stereocenters. The zero-order chi connectivity index (χ0) is 66.3. The Morgan fingerprint density at radius 1 is 0.526 bits per heavy atom. The maximum atomic E-state index is 14.1. The molecule has 0 unspecified atom stereocenters. The number of methoxy groups -OCH3 is 4. The van der Waals surface area contributed by atoms with E-state index in [0.717, 1.165) is 11.1 Å². The van der Waals surface area contributed by atoms with Gasteiger partial charge in [0.1, 0.15) is 17.5 Å². The molecule has 6 aromatic rings. The van der Waals surface area contributed by atoms with Crippen LogP contribution in [0.4, 0.5) is 0 Å². The predicted molar refractivity (Wildman–Crippen MR) is 321 cm³/mol. The number of cyclic esters (lactones) is 2. The molecular weight excluding hydrogens is 1240 g/mol. The third-order valence-electron chi connectivity index (χ3n) is 18.4. The summed E-state index contributed by atoms with van der Waals surface area (Å²) in [6.07, 6.45) is -2.70. The molecule has 0 spiro atoms. The van der Waals surface area contributed by atoms with Gasteiger partial charge in [-0.25, -0.2) is 9.36 Å². The minimum atomic E-state index is -1.52. The van der Waals surface area contributed by atoms with Gasteiger partial charge in [-0.3, -0.25) is 24.0 Å². The van der Waals surface area contributed by atoms with Gasteiger partial charge < -0.3 is 86.0 Å². The number of hydrogen-bond acceptors (Lipinski definition) is 27.